The Morgan fingerprint density at radius 3 is 2.56 bits per heavy atom. The third-order valence-electron chi connectivity index (χ3n) is 2.03. The minimum Gasteiger partial charge on any atom is -0.255 e. The first-order valence-electron chi connectivity index (χ1n) is 3.81. The Morgan fingerprint density at radius 1 is 1.56 bits per heavy atom. The molecule has 2 heteroatoms. The highest BCUT2D eigenvalue weighted by Gasteiger charge is 2.20. The Morgan fingerprint density at radius 2 is 2.22 bits per heavy atom. The third kappa shape index (κ3) is 1.66. The van der Waals surface area contributed by atoms with Crippen LogP contribution < -0.4 is 5.43 Å². The van der Waals surface area contributed by atoms with Crippen LogP contribution >= 0.6 is 0 Å². The summed E-state index contributed by atoms with van der Waals surface area (Å²) in [5.41, 5.74) is 3.28. The van der Waals surface area contributed by atoms with Crippen LogP contribution in [0.2, 0.25) is 0 Å². The predicted octanol–water partition coefficient (Wildman–Crippen LogP) is 0.995. The second-order valence-corrected chi connectivity index (χ2v) is 2.71. The van der Waals surface area contributed by atoms with Crippen LogP contribution in [0.3, 0.4) is 0 Å². The summed E-state index contributed by atoms with van der Waals surface area (Å²) in [5.74, 6) is 0. The molecule has 1 rings (SSSR count). The molecule has 0 bridgehead atoms. The number of nitrogens with zero attached hydrogens (tertiary/aromatic N) is 1. The van der Waals surface area contributed by atoms with Gasteiger partial charge in [0.05, 0.1) is 0 Å². The van der Waals surface area contributed by atoms with E-state index in [0.717, 1.165) is 12.6 Å². The Labute approximate surface area is 57.2 Å². The Balaban J connectivity index is 2.08. The molecule has 0 saturated heterocycles. The quantitative estimate of drug-likeness (QED) is 0.570. The van der Waals surface area contributed by atoms with Crippen LogP contribution in [-0.2, 0) is 0 Å². The van der Waals surface area contributed by atoms with Crippen molar-refractivity contribution < 1.29 is 0 Å². The van der Waals surface area contributed by atoms with Crippen LogP contribution in [0.1, 0.15) is 26.2 Å². The van der Waals surface area contributed by atoms with Gasteiger partial charge in [0.25, 0.3) is 0 Å². The topological polar surface area (TPSA) is 15.3 Å². The van der Waals surface area contributed by atoms with E-state index < -0.39 is 0 Å². The molecule has 0 unspecified atom stereocenters. The van der Waals surface area contributed by atoms with Gasteiger partial charge in [-0.05, 0) is 12.8 Å². The Hall–Kier alpha value is -0.0800. The maximum absolute atomic E-state index is 3.28. The maximum Gasteiger partial charge on any atom is 0.0240 e. The first-order valence-corrected chi connectivity index (χ1v) is 3.81. The molecule has 0 aromatic rings. The molecule has 1 N–H and O–H groups in total. The van der Waals surface area contributed by atoms with Gasteiger partial charge in [0.2, 0.25) is 0 Å². The van der Waals surface area contributed by atoms with E-state index in [9.17, 15) is 0 Å². The molecule has 0 aromatic heterocycles. The summed E-state index contributed by atoms with van der Waals surface area (Å²) >= 11 is 0. The number of hydrogen-bond acceptors (Lipinski definition) is 2. The first kappa shape index (κ1) is 7.03. The van der Waals surface area contributed by atoms with Crippen molar-refractivity contribution in [1.29, 1.82) is 0 Å². The molecular weight excluding hydrogens is 112 g/mol. The number of hydrogen-bond donors (Lipinski definition) is 1. The third-order valence-corrected chi connectivity index (χ3v) is 2.03. The second-order valence-electron chi connectivity index (χ2n) is 2.71. The van der Waals surface area contributed by atoms with Gasteiger partial charge in [-0.3, -0.25) is 5.43 Å². The lowest BCUT2D eigenvalue weighted by atomic mass is 9.93. The molecule has 9 heavy (non-hydrogen) atoms. The highest BCUT2D eigenvalue weighted by atomic mass is 15.5. The van der Waals surface area contributed by atoms with Crippen molar-refractivity contribution in [2.45, 2.75) is 32.2 Å². The van der Waals surface area contributed by atoms with Gasteiger partial charge in [0.15, 0.2) is 0 Å². The van der Waals surface area contributed by atoms with Gasteiger partial charge in [-0.2, -0.15) is 0 Å². The van der Waals surface area contributed by atoms with Crippen LogP contribution in [-0.4, -0.2) is 24.6 Å². The van der Waals surface area contributed by atoms with Crippen LogP contribution in [0.25, 0.3) is 0 Å². The second kappa shape index (κ2) is 3.18. The molecule has 0 spiro atoms. The minimum absolute atomic E-state index is 0.824. The molecule has 0 heterocycles. The molecule has 1 fully saturated rings. The fraction of sp³-hybridized carbons (Fsp3) is 1.00. The summed E-state index contributed by atoms with van der Waals surface area (Å²) in [7, 11) is 2.13. The maximum atomic E-state index is 3.28. The van der Waals surface area contributed by atoms with Crippen molar-refractivity contribution >= 4 is 0 Å². The molecule has 2 nitrogen and oxygen atoms in total. The van der Waals surface area contributed by atoms with Crippen LogP contribution in [0.15, 0.2) is 0 Å². The Kier molecular flexibility index (Phi) is 2.49. The predicted molar refractivity (Wildman–Crippen MR) is 39.1 cm³/mol. The van der Waals surface area contributed by atoms with Crippen LogP contribution in [0, 0.1) is 0 Å². The molecule has 54 valence electrons. The summed E-state index contributed by atoms with van der Waals surface area (Å²) in [6.07, 6.45) is 4.17. The van der Waals surface area contributed by atoms with Gasteiger partial charge in [-0.15, -0.1) is 0 Å². The lowest BCUT2D eigenvalue weighted by molar-refractivity contribution is 0.105. The fourth-order valence-electron chi connectivity index (χ4n) is 1.15. The molecule has 0 amide bonds. The van der Waals surface area contributed by atoms with E-state index in [-0.39, 0.29) is 0 Å². The standard InChI is InChI=1S/C7H16N2/c1-3-8-9(2)7-5-4-6-7/h7-8H,3-6H2,1-2H3. The first-order chi connectivity index (χ1) is 4.34. The Bertz CT molecular complexity index is 79.0. The van der Waals surface area contributed by atoms with Crippen LogP contribution in [0.4, 0.5) is 0 Å². The minimum atomic E-state index is 0.824. The summed E-state index contributed by atoms with van der Waals surface area (Å²) in [6, 6.07) is 0.824. The van der Waals surface area contributed by atoms with E-state index in [1.165, 1.54) is 19.3 Å². The fourth-order valence-corrected chi connectivity index (χ4v) is 1.15. The summed E-state index contributed by atoms with van der Waals surface area (Å²) in [5, 5.41) is 2.24. The molecular formula is C7H16N2. The zero-order chi connectivity index (χ0) is 6.69. The van der Waals surface area contributed by atoms with E-state index >= 15 is 0 Å². The van der Waals surface area contributed by atoms with E-state index in [0.29, 0.717) is 0 Å². The van der Waals surface area contributed by atoms with Crippen molar-refractivity contribution in [3.63, 3.8) is 0 Å². The van der Waals surface area contributed by atoms with E-state index in [4.69, 9.17) is 0 Å². The number of nitrogens with one attached hydrogen (secondary N) is 1. The van der Waals surface area contributed by atoms with Crippen molar-refractivity contribution in [3.05, 3.63) is 0 Å². The van der Waals surface area contributed by atoms with E-state index in [1.54, 1.807) is 0 Å². The SMILES string of the molecule is CCNN(C)C1CCC1. The van der Waals surface area contributed by atoms with E-state index in [2.05, 4.69) is 24.4 Å². The van der Waals surface area contributed by atoms with Crippen molar-refractivity contribution in [3.8, 4) is 0 Å². The normalized spacial score (nSPS) is 20.3. The largest absolute Gasteiger partial charge is 0.255 e. The van der Waals surface area contributed by atoms with E-state index in [1.807, 2.05) is 0 Å². The van der Waals surface area contributed by atoms with Gasteiger partial charge < -0.3 is 0 Å². The van der Waals surface area contributed by atoms with Crippen molar-refractivity contribution in [2.24, 2.45) is 0 Å². The number of hydrazine groups is 1. The number of rotatable bonds is 3. The summed E-state index contributed by atoms with van der Waals surface area (Å²) in [4.78, 5) is 0. The molecule has 1 aliphatic rings. The lowest BCUT2D eigenvalue weighted by Gasteiger charge is -2.34. The van der Waals surface area contributed by atoms with Gasteiger partial charge in [0, 0.05) is 19.6 Å². The molecule has 0 aliphatic heterocycles. The van der Waals surface area contributed by atoms with Crippen molar-refractivity contribution in [2.75, 3.05) is 13.6 Å². The zero-order valence-corrected chi connectivity index (χ0v) is 6.35. The highest BCUT2D eigenvalue weighted by molar-refractivity contribution is 4.75. The summed E-state index contributed by atoms with van der Waals surface area (Å²) < 4.78 is 0. The van der Waals surface area contributed by atoms with Crippen molar-refractivity contribution in [1.82, 2.24) is 10.4 Å². The van der Waals surface area contributed by atoms with Gasteiger partial charge in [-0.25, -0.2) is 5.01 Å². The molecule has 1 aliphatic carbocycles. The van der Waals surface area contributed by atoms with Gasteiger partial charge >= 0.3 is 0 Å². The van der Waals surface area contributed by atoms with Gasteiger partial charge in [0.1, 0.15) is 0 Å². The molecule has 1 saturated carbocycles. The lowest BCUT2D eigenvalue weighted by Crippen LogP contribution is -2.45. The van der Waals surface area contributed by atoms with Gasteiger partial charge in [-0.1, -0.05) is 13.3 Å². The average Bonchev–Trinajstić information content (AvgIpc) is 1.60. The smallest absolute Gasteiger partial charge is 0.0240 e. The monoisotopic (exact) mass is 128 g/mol. The highest BCUT2D eigenvalue weighted by Crippen LogP contribution is 2.21. The summed E-state index contributed by atoms with van der Waals surface area (Å²) in [6.45, 7) is 3.18. The van der Waals surface area contributed by atoms with Crippen LogP contribution in [0.5, 0.6) is 0 Å². The molecule has 0 radical (unpaired) electrons. The molecule has 0 atom stereocenters. The zero-order valence-electron chi connectivity index (χ0n) is 6.35. The average molecular weight is 128 g/mol. The molecule has 0 aromatic carbocycles.